The van der Waals surface area contributed by atoms with E-state index >= 15 is 0 Å². The molecule has 8 heteroatoms. The van der Waals surface area contributed by atoms with Gasteiger partial charge in [0.25, 0.3) is 11.8 Å². The Kier molecular flexibility index (Phi) is 9.27. The van der Waals surface area contributed by atoms with Gasteiger partial charge in [0.1, 0.15) is 5.75 Å². The van der Waals surface area contributed by atoms with Crippen molar-refractivity contribution in [3.63, 3.8) is 0 Å². The molecule has 0 bridgehead atoms. The monoisotopic (exact) mass is 488 g/mol. The van der Waals surface area contributed by atoms with Crippen molar-refractivity contribution in [3.8, 4) is 5.75 Å². The maximum Gasteiger partial charge on any atom is 0.331 e. The second-order valence-electron chi connectivity index (χ2n) is 7.02. The molecule has 7 nitrogen and oxygen atoms in total. The van der Waals surface area contributed by atoms with Crippen molar-refractivity contribution in [2.24, 2.45) is 5.92 Å². The molecule has 2 rings (SSSR count). The maximum absolute atomic E-state index is 12.3. The molecule has 0 aliphatic heterocycles. The van der Waals surface area contributed by atoms with E-state index in [2.05, 4.69) is 26.6 Å². The van der Waals surface area contributed by atoms with Crippen LogP contribution in [0.1, 0.15) is 29.8 Å². The van der Waals surface area contributed by atoms with E-state index in [0.717, 1.165) is 4.47 Å². The highest BCUT2D eigenvalue weighted by molar-refractivity contribution is 9.10. The van der Waals surface area contributed by atoms with Crippen LogP contribution in [-0.2, 0) is 14.3 Å². The van der Waals surface area contributed by atoms with Gasteiger partial charge >= 0.3 is 5.97 Å². The third-order valence-corrected chi connectivity index (χ3v) is 4.55. The summed E-state index contributed by atoms with van der Waals surface area (Å²) in [5.41, 5.74) is 1.36. The summed E-state index contributed by atoms with van der Waals surface area (Å²) in [6.07, 6.45) is 2.75. The Morgan fingerprint density at radius 2 is 1.87 bits per heavy atom. The quantitative estimate of drug-likeness (QED) is 0.410. The molecule has 0 saturated heterocycles. The predicted octanol–water partition coefficient (Wildman–Crippen LogP) is 4.04. The highest BCUT2D eigenvalue weighted by atomic mass is 79.9. The molecule has 0 atom stereocenters. The fourth-order valence-corrected chi connectivity index (χ4v) is 2.93. The molecule has 0 aliphatic carbocycles. The predicted molar refractivity (Wildman–Crippen MR) is 123 cm³/mol. The Balaban J connectivity index is 1.93. The molecule has 0 fully saturated rings. The summed E-state index contributed by atoms with van der Waals surface area (Å²) in [6, 6.07) is 12.0. The SMILES string of the molecule is COc1ccc(Br)cc1/C=C/C(=O)OCC(=O)Nc1ccccc1C(=O)NCC(C)C. The summed E-state index contributed by atoms with van der Waals surface area (Å²) in [5, 5.41) is 5.42. The lowest BCUT2D eigenvalue weighted by Crippen LogP contribution is -2.29. The van der Waals surface area contributed by atoms with Crippen molar-refractivity contribution in [1.82, 2.24) is 5.32 Å². The third kappa shape index (κ3) is 7.90. The van der Waals surface area contributed by atoms with Crippen LogP contribution in [0.4, 0.5) is 5.69 Å². The molecule has 0 spiro atoms. The van der Waals surface area contributed by atoms with Gasteiger partial charge in [-0.05, 0) is 42.3 Å². The smallest absolute Gasteiger partial charge is 0.331 e. The van der Waals surface area contributed by atoms with Gasteiger partial charge in [-0.15, -0.1) is 0 Å². The Morgan fingerprint density at radius 1 is 1.13 bits per heavy atom. The molecule has 2 aromatic carbocycles. The van der Waals surface area contributed by atoms with Gasteiger partial charge in [0.05, 0.1) is 18.4 Å². The van der Waals surface area contributed by atoms with Crippen LogP contribution in [0.25, 0.3) is 6.08 Å². The maximum atomic E-state index is 12.3. The minimum atomic E-state index is -0.680. The fourth-order valence-electron chi connectivity index (χ4n) is 2.55. The number of hydrogen-bond acceptors (Lipinski definition) is 5. The molecule has 0 unspecified atom stereocenters. The zero-order valence-electron chi connectivity index (χ0n) is 17.6. The standard InChI is InChI=1S/C23H25BrN2O5/c1-15(2)13-25-23(29)18-6-4-5-7-19(18)26-21(27)14-31-22(28)11-8-16-12-17(24)9-10-20(16)30-3/h4-12,15H,13-14H2,1-3H3,(H,25,29)(H,26,27)/b11-8+. The van der Waals surface area contributed by atoms with Gasteiger partial charge in [-0.2, -0.15) is 0 Å². The summed E-state index contributed by atoms with van der Waals surface area (Å²) in [4.78, 5) is 36.5. The lowest BCUT2D eigenvalue weighted by Gasteiger charge is -2.12. The van der Waals surface area contributed by atoms with Gasteiger partial charge in [0.2, 0.25) is 0 Å². The number of para-hydroxylation sites is 1. The van der Waals surface area contributed by atoms with Gasteiger partial charge in [-0.1, -0.05) is 41.9 Å². The lowest BCUT2D eigenvalue weighted by molar-refractivity contribution is -0.142. The van der Waals surface area contributed by atoms with Crippen molar-refractivity contribution >= 4 is 45.5 Å². The first-order valence-corrected chi connectivity index (χ1v) is 10.4. The molecule has 0 radical (unpaired) electrons. The molecule has 0 aromatic heterocycles. The van der Waals surface area contributed by atoms with Crippen LogP contribution in [0.2, 0.25) is 0 Å². The van der Waals surface area contributed by atoms with E-state index in [1.807, 2.05) is 19.9 Å². The molecule has 0 heterocycles. The molecule has 164 valence electrons. The van der Waals surface area contributed by atoms with Crippen LogP contribution in [-0.4, -0.2) is 38.0 Å². The number of carbonyl (C=O) groups excluding carboxylic acids is 3. The Hall–Kier alpha value is -3.13. The van der Waals surface area contributed by atoms with Gasteiger partial charge in [-0.3, -0.25) is 9.59 Å². The highest BCUT2D eigenvalue weighted by Crippen LogP contribution is 2.24. The number of methoxy groups -OCH3 is 1. The topological polar surface area (TPSA) is 93.7 Å². The number of carbonyl (C=O) groups is 3. The van der Waals surface area contributed by atoms with Crippen LogP contribution in [0.15, 0.2) is 53.0 Å². The summed E-state index contributed by atoms with van der Waals surface area (Å²) < 4.78 is 11.1. The van der Waals surface area contributed by atoms with E-state index in [4.69, 9.17) is 9.47 Å². The van der Waals surface area contributed by atoms with Crippen molar-refractivity contribution in [2.75, 3.05) is 25.6 Å². The second-order valence-corrected chi connectivity index (χ2v) is 7.94. The lowest BCUT2D eigenvalue weighted by atomic mass is 10.1. The number of amides is 2. The van der Waals surface area contributed by atoms with E-state index in [1.54, 1.807) is 36.4 Å². The average molecular weight is 489 g/mol. The summed E-state index contributed by atoms with van der Waals surface area (Å²) in [7, 11) is 1.53. The molecule has 0 saturated carbocycles. The van der Waals surface area contributed by atoms with Gasteiger partial charge in [0, 0.05) is 22.7 Å². The zero-order valence-corrected chi connectivity index (χ0v) is 19.2. The summed E-state index contributed by atoms with van der Waals surface area (Å²) in [6.45, 7) is 4.02. The number of hydrogen-bond donors (Lipinski definition) is 2. The number of anilines is 1. The van der Waals surface area contributed by atoms with Gasteiger partial charge < -0.3 is 20.1 Å². The number of nitrogens with one attached hydrogen (secondary N) is 2. The fraction of sp³-hybridized carbons (Fsp3) is 0.261. The number of esters is 1. The molecule has 2 amide bonds. The number of benzene rings is 2. The van der Waals surface area contributed by atoms with Crippen molar-refractivity contribution in [1.29, 1.82) is 0 Å². The van der Waals surface area contributed by atoms with E-state index in [0.29, 0.717) is 35.0 Å². The van der Waals surface area contributed by atoms with Crippen molar-refractivity contribution < 1.29 is 23.9 Å². The first-order valence-electron chi connectivity index (χ1n) is 9.65. The first kappa shape index (κ1) is 24.1. The Morgan fingerprint density at radius 3 is 2.58 bits per heavy atom. The summed E-state index contributed by atoms with van der Waals surface area (Å²) in [5.74, 6) is -0.619. The van der Waals surface area contributed by atoms with Crippen molar-refractivity contribution in [2.45, 2.75) is 13.8 Å². The van der Waals surface area contributed by atoms with Crippen LogP contribution >= 0.6 is 15.9 Å². The van der Waals surface area contributed by atoms with E-state index < -0.39 is 18.5 Å². The van der Waals surface area contributed by atoms with Gasteiger partial charge in [0.15, 0.2) is 6.61 Å². The average Bonchev–Trinajstić information content (AvgIpc) is 2.75. The van der Waals surface area contributed by atoms with Crippen LogP contribution in [0, 0.1) is 5.92 Å². The number of rotatable bonds is 9. The number of ether oxygens (including phenoxy) is 2. The molecule has 2 N–H and O–H groups in total. The largest absolute Gasteiger partial charge is 0.496 e. The highest BCUT2D eigenvalue weighted by Gasteiger charge is 2.14. The van der Waals surface area contributed by atoms with E-state index in [9.17, 15) is 14.4 Å². The van der Waals surface area contributed by atoms with E-state index in [1.165, 1.54) is 19.3 Å². The zero-order chi connectivity index (χ0) is 22.8. The first-order chi connectivity index (χ1) is 14.8. The molecule has 2 aromatic rings. The minimum absolute atomic E-state index is 0.285. The Bertz CT molecular complexity index is 972. The molecular formula is C23H25BrN2O5. The Labute approximate surface area is 189 Å². The number of halogens is 1. The summed E-state index contributed by atoms with van der Waals surface area (Å²) >= 11 is 3.36. The second kappa shape index (κ2) is 11.9. The normalized spacial score (nSPS) is 10.7. The van der Waals surface area contributed by atoms with E-state index in [-0.39, 0.29) is 5.91 Å². The molecule has 31 heavy (non-hydrogen) atoms. The van der Waals surface area contributed by atoms with Crippen LogP contribution in [0.5, 0.6) is 5.75 Å². The third-order valence-electron chi connectivity index (χ3n) is 4.05. The van der Waals surface area contributed by atoms with Gasteiger partial charge in [-0.25, -0.2) is 4.79 Å². The molecule has 0 aliphatic rings. The minimum Gasteiger partial charge on any atom is -0.496 e. The van der Waals surface area contributed by atoms with Crippen LogP contribution < -0.4 is 15.4 Å². The van der Waals surface area contributed by atoms with Crippen LogP contribution in [0.3, 0.4) is 0 Å². The van der Waals surface area contributed by atoms with Crippen molar-refractivity contribution in [3.05, 3.63) is 64.1 Å². The molecular weight excluding hydrogens is 464 g/mol.